The van der Waals surface area contributed by atoms with E-state index in [0.29, 0.717) is 38.2 Å². The summed E-state index contributed by atoms with van der Waals surface area (Å²) in [6, 6.07) is 16.3. The van der Waals surface area contributed by atoms with E-state index >= 15 is 0 Å². The maximum atomic E-state index is 12.2. The third-order valence-corrected chi connectivity index (χ3v) is 6.42. The summed E-state index contributed by atoms with van der Waals surface area (Å²) in [4.78, 5) is 12.2. The molecule has 152 valence electrons. The van der Waals surface area contributed by atoms with Crippen molar-refractivity contribution < 1.29 is 9.21 Å². The van der Waals surface area contributed by atoms with Crippen LogP contribution < -0.4 is 5.32 Å². The molecule has 1 fully saturated rings. The monoisotopic (exact) mass is 477 g/mol. The van der Waals surface area contributed by atoms with Crippen molar-refractivity contribution >= 4 is 63.9 Å². The molecule has 9 heteroatoms. The number of amides is 1. The maximum Gasteiger partial charge on any atom is 0.239 e. The number of nitrogens with one attached hydrogen (secondary N) is 1. The molecule has 1 unspecified atom stereocenters. The first-order valence-electron chi connectivity index (χ1n) is 8.87. The summed E-state index contributed by atoms with van der Waals surface area (Å²) >= 11 is 19.5. The smallest absolute Gasteiger partial charge is 0.239 e. The lowest BCUT2D eigenvalue weighted by Crippen LogP contribution is -2.25. The first-order valence-corrected chi connectivity index (χ1v) is 10.9. The number of hydrogen-bond acceptors (Lipinski definition) is 5. The van der Waals surface area contributed by atoms with E-state index in [2.05, 4.69) is 15.5 Å². The number of carbonyl (C=O) groups is 1. The Bertz CT molecular complexity index is 1160. The SMILES string of the molecule is O=C1N/C(=N\N=C\c2ccc(-c3ccccc3Cl)o2)SC1Cc1ccc(Cl)c(Cl)c1. The molecule has 0 radical (unpaired) electrons. The standard InChI is InChI=1S/C21H14Cl3N3O2S/c22-15-4-2-1-3-14(15)18-8-6-13(29-18)11-25-27-21-26-20(28)19(30-21)10-12-5-7-16(23)17(24)9-12/h1-9,11,19H,10H2,(H,26,27,28)/b25-11+. The molecule has 1 amide bonds. The Balaban J connectivity index is 1.40. The summed E-state index contributed by atoms with van der Waals surface area (Å²) in [5.74, 6) is 1.04. The third-order valence-electron chi connectivity index (χ3n) is 4.28. The first kappa shape index (κ1) is 21.0. The highest BCUT2D eigenvalue weighted by Crippen LogP contribution is 2.29. The second-order valence-corrected chi connectivity index (χ2v) is 8.79. The Morgan fingerprint density at radius 2 is 1.87 bits per heavy atom. The minimum Gasteiger partial charge on any atom is -0.455 e. The Hall–Kier alpha value is -2.25. The van der Waals surface area contributed by atoms with Gasteiger partial charge in [-0.3, -0.25) is 4.79 Å². The number of thioether (sulfide) groups is 1. The van der Waals surface area contributed by atoms with Crippen molar-refractivity contribution in [3.63, 3.8) is 0 Å². The molecule has 1 aliphatic heterocycles. The van der Waals surface area contributed by atoms with E-state index in [4.69, 9.17) is 39.2 Å². The highest BCUT2D eigenvalue weighted by atomic mass is 35.5. The Morgan fingerprint density at radius 1 is 1.03 bits per heavy atom. The Morgan fingerprint density at radius 3 is 2.67 bits per heavy atom. The zero-order valence-electron chi connectivity index (χ0n) is 15.3. The van der Waals surface area contributed by atoms with Crippen LogP contribution in [0, 0.1) is 0 Å². The van der Waals surface area contributed by atoms with Gasteiger partial charge in [0, 0.05) is 5.56 Å². The van der Waals surface area contributed by atoms with Gasteiger partial charge in [0.1, 0.15) is 11.5 Å². The second kappa shape index (κ2) is 9.27. The number of carbonyl (C=O) groups excluding carboxylic acids is 1. The van der Waals surface area contributed by atoms with Gasteiger partial charge in [-0.2, -0.15) is 5.10 Å². The number of amidine groups is 1. The van der Waals surface area contributed by atoms with Crippen LogP contribution in [0.2, 0.25) is 15.1 Å². The third kappa shape index (κ3) is 4.90. The maximum absolute atomic E-state index is 12.2. The highest BCUT2D eigenvalue weighted by molar-refractivity contribution is 8.15. The second-order valence-electron chi connectivity index (χ2n) is 6.38. The average Bonchev–Trinajstić information content (AvgIpc) is 3.32. The van der Waals surface area contributed by atoms with Crippen LogP contribution in [0.5, 0.6) is 0 Å². The molecule has 3 aromatic rings. The van der Waals surface area contributed by atoms with Crippen molar-refractivity contribution in [2.45, 2.75) is 11.7 Å². The van der Waals surface area contributed by atoms with Crippen molar-refractivity contribution in [1.29, 1.82) is 0 Å². The van der Waals surface area contributed by atoms with Crippen LogP contribution in [0.4, 0.5) is 0 Å². The van der Waals surface area contributed by atoms with Gasteiger partial charge < -0.3 is 9.73 Å². The van der Waals surface area contributed by atoms with Gasteiger partial charge in [0.15, 0.2) is 5.17 Å². The molecule has 0 spiro atoms. The summed E-state index contributed by atoms with van der Waals surface area (Å²) in [6.45, 7) is 0. The van der Waals surface area contributed by atoms with E-state index in [1.807, 2.05) is 30.3 Å². The average molecular weight is 479 g/mol. The van der Waals surface area contributed by atoms with Gasteiger partial charge in [0.2, 0.25) is 5.91 Å². The molecule has 0 aliphatic carbocycles. The lowest BCUT2D eigenvalue weighted by molar-refractivity contribution is -0.118. The zero-order valence-corrected chi connectivity index (χ0v) is 18.4. The number of benzene rings is 2. The lowest BCUT2D eigenvalue weighted by atomic mass is 10.1. The van der Waals surface area contributed by atoms with Gasteiger partial charge in [-0.05, 0) is 48.4 Å². The van der Waals surface area contributed by atoms with E-state index in [1.165, 1.54) is 18.0 Å². The predicted octanol–water partition coefficient (Wildman–Crippen LogP) is 6.07. The Labute approximate surface area is 192 Å². The molecule has 5 nitrogen and oxygen atoms in total. The molecule has 30 heavy (non-hydrogen) atoms. The van der Waals surface area contributed by atoms with Crippen LogP contribution >= 0.6 is 46.6 Å². The summed E-state index contributed by atoms with van der Waals surface area (Å²) in [6.07, 6.45) is 1.99. The molecule has 0 saturated carbocycles. The van der Waals surface area contributed by atoms with Crippen molar-refractivity contribution in [3.05, 3.63) is 81.0 Å². The molecular formula is C21H14Cl3N3O2S. The largest absolute Gasteiger partial charge is 0.455 e. The molecular weight excluding hydrogens is 465 g/mol. The van der Waals surface area contributed by atoms with E-state index in [0.717, 1.165) is 11.1 Å². The molecule has 4 rings (SSSR count). The predicted molar refractivity (Wildman–Crippen MR) is 124 cm³/mol. The van der Waals surface area contributed by atoms with Crippen molar-refractivity contribution in [3.8, 4) is 11.3 Å². The molecule has 0 bridgehead atoms. The van der Waals surface area contributed by atoms with Crippen molar-refractivity contribution in [2.24, 2.45) is 10.2 Å². The van der Waals surface area contributed by atoms with E-state index in [9.17, 15) is 4.79 Å². The molecule has 2 heterocycles. The van der Waals surface area contributed by atoms with Crippen LogP contribution in [0.15, 0.2) is 69.2 Å². The van der Waals surface area contributed by atoms with Gasteiger partial charge >= 0.3 is 0 Å². The van der Waals surface area contributed by atoms with Crippen molar-refractivity contribution in [2.75, 3.05) is 0 Å². The van der Waals surface area contributed by atoms with Gasteiger partial charge in [0.25, 0.3) is 0 Å². The summed E-state index contributed by atoms with van der Waals surface area (Å²) in [7, 11) is 0. The number of halogens is 3. The zero-order chi connectivity index (χ0) is 21.1. The molecule has 2 aromatic carbocycles. The topological polar surface area (TPSA) is 67.0 Å². The highest BCUT2D eigenvalue weighted by Gasteiger charge is 2.30. The number of furan rings is 1. The minimum atomic E-state index is -0.313. The van der Waals surface area contributed by atoms with Crippen LogP contribution in [0.1, 0.15) is 11.3 Å². The summed E-state index contributed by atoms with van der Waals surface area (Å²) in [5, 5.41) is 12.5. The number of rotatable bonds is 5. The van der Waals surface area contributed by atoms with E-state index < -0.39 is 0 Å². The van der Waals surface area contributed by atoms with Gasteiger partial charge in [-0.15, -0.1) is 5.10 Å². The van der Waals surface area contributed by atoms with Crippen LogP contribution in [-0.4, -0.2) is 22.5 Å². The van der Waals surface area contributed by atoms with Gasteiger partial charge in [0.05, 0.1) is 26.5 Å². The normalized spacial score (nSPS) is 17.8. The fraction of sp³-hybridized carbons (Fsp3) is 0.0952. The summed E-state index contributed by atoms with van der Waals surface area (Å²) < 4.78 is 5.74. The van der Waals surface area contributed by atoms with Gasteiger partial charge in [-0.1, -0.05) is 64.8 Å². The fourth-order valence-electron chi connectivity index (χ4n) is 2.83. The molecule has 1 N–H and O–H groups in total. The van der Waals surface area contributed by atoms with Crippen LogP contribution in [0.3, 0.4) is 0 Å². The van der Waals surface area contributed by atoms with Gasteiger partial charge in [-0.25, -0.2) is 0 Å². The minimum absolute atomic E-state index is 0.126. The molecule has 1 aliphatic rings. The molecule has 1 aromatic heterocycles. The lowest BCUT2D eigenvalue weighted by Gasteiger charge is -2.06. The number of hydrogen-bond donors (Lipinski definition) is 1. The fourth-order valence-corrected chi connectivity index (χ4v) is 4.35. The van der Waals surface area contributed by atoms with Crippen molar-refractivity contribution in [1.82, 2.24) is 5.32 Å². The summed E-state index contributed by atoms with van der Waals surface area (Å²) in [5.41, 5.74) is 1.72. The Kier molecular flexibility index (Phi) is 6.49. The number of nitrogens with zero attached hydrogens (tertiary/aromatic N) is 2. The van der Waals surface area contributed by atoms with Crippen LogP contribution in [0.25, 0.3) is 11.3 Å². The molecule has 1 saturated heterocycles. The first-order chi connectivity index (χ1) is 14.5. The molecule has 1 atom stereocenters. The van der Waals surface area contributed by atoms with E-state index in [1.54, 1.807) is 24.3 Å². The quantitative estimate of drug-likeness (QED) is 0.357. The van der Waals surface area contributed by atoms with Crippen LogP contribution in [-0.2, 0) is 11.2 Å². The van der Waals surface area contributed by atoms with E-state index in [-0.39, 0.29) is 11.2 Å².